The third kappa shape index (κ3) is 3.01. The third-order valence-corrected chi connectivity index (χ3v) is 4.66. The van der Waals surface area contributed by atoms with Crippen molar-refractivity contribution in [2.75, 3.05) is 10.2 Å². The molecule has 5 heteroatoms. The van der Waals surface area contributed by atoms with E-state index in [9.17, 15) is 9.59 Å². The van der Waals surface area contributed by atoms with Crippen molar-refractivity contribution in [2.45, 2.75) is 26.3 Å². The zero-order valence-electron chi connectivity index (χ0n) is 13.0. The van der Waals surface area contributed by atoms with E-state index in [1.54, 1.807) is 4.90 Å². The average Bonchev–Trinajstić information content (AvgIpc) is 2.89. The number of para-hydroxylation sites is 1. The van der Waals surface area contributed by atoms with E-state index < -0.39 is 6.04 Å². The van der Waals surface area contributed by atoms with E-state index in [0.29, 0.717) is 12.1 Å². The van der Waals surface area contributed by atoms with E-state index in [1.807, 2.05) is 49.4 Å². The number of anilines is 2. The molecule has 0 saturated carbocycles. The summed E-state index contributed by atoms with van der Waals surface area (Å²) in [7, 11) is 0. The van der Waals surface area contributed by atoms with Crippen molar-refractivity contribution < 1.29 is 9.59 Å². The maximum atomic E-state index is 12.7. The van der Waals surface area contributed by atoms with Gasteiger partial charge < -0.3 is 5.32 Å². The molecule has 4 nitrogen and oxygen atoms in total. The fourth-order valence-electron chi connectivity index (χ4n) is 2.92. The molecule has 0 spiro atoms. The van der Waals surface area contributed by atoms with Gasteiger partial charge >= 0.3 is 0 Å². The van der Waals surface area contributed by atoms with Gasteiger partial charge in [-0.1, -0.05) is 24.3 Å². The Labute approximate surface area is 143 Å². The van der Waals surface area contributed by atoms with E-state index in [-0.39, 0.29) is 11.8 Å². The van der Waals surface area contributed by atoms with E-state index in [1.165, 1.54) is 6.92 Å². The first-order valence-corrected chi connectivity index (χ1v) is 8.21. The van der Waals surface area contributed by atoms with Crippen LogP contribution in [0.25, 0.3) is 0 Å². The zero-order chi connectivity index (χ0) is 16.6. The number of carbonyl (C=O) groups excluding carboxylic acids is 2. The Kier molecular flexibility index (Phi) is 4.22. The number of nitrogens with zero attached hydrogens (tertiary/aromatic N) is 1. The van der Waals surface area contributed by atoms with Crippen LogP contribution in [0, 0.1) is 6.92 Å². The molecular formula is C18H17BrN2O2. The Morgan fingerprint density at radius 3 is 2.65 bits per heavy atom. The summed E-state index contributed by atoms with van der Waals surface area (Å²) in [6, 6.07) is 12.9. The molecule has 0 bridgehead atoms. The maximum absolute atomic E-state index is 12.7. The van der Waals surface area contributed by atoms with Crippen LogP contribution in [0.3, 0.4) is 0 Å². The number of benzene rings is 2. The van der Waals surface area contributed by atoms with Gasteiger partial charge in [0.15, 0.2) is 0 Å². The fourth-order valence-corrected chi connectivity index (χ4v) is 3.51. The van der Waals surface area contributed by atoms with Crippen molar-refractivity contribution >= 4 is 39.1 Å². The molecule has 0 aliphatic carbocycles. The summed E-state index contributed by atoms with van der Waals surface area (Å²) in [5.41, 5.74) is 3.66. The van der Waals surface area contributed by atoms with Crippen molar-refractivity contribution in [3.05, 3.63) is 58.1 Å². The van der Waals surface area contributed by atoms with Gasteiger partial charge in [0, 0.05) is 23.5 Å². The molecule has 2 aromatic carbocycles. The Balaban J connectivity index is 1.86. The molecule has 2 amide bonds. The van der Waals surface area contributed by atoms with Crippen molar-refractivity contribution in [1.82, 2.24) is 0 Å². The summed E-state index contributed by atoms with van der Waals surface area (Å²) in [6.07, 6.45) is 0.533. The smallest absolute Gasteiger partial charge is 0.247 e. The van der Waals surface area contributed by atoms with Crippen molar-refractivity contribution in [1.29, 1.82) is 0 Å². The summed E-state index contributed by atoms with van der Waals surface area (Å²) >= 11 is 3.46. The van der Waals surface area contributed by atoms with Crippen LogP contribution in [0.2, 0.25) is 0 Å². The molecule has 1 atom stereocenters. The van der Waals surface area contributed by atoms with Crippen LogP contribution in [-0.4, -0.2) is 17.9 Å². The number of aryl methyl sites for hydroxylation is 1. The van der Waals surface area contributed by atoms with Crippen molar-refractivity contribution in [3.63, 3.8) is 0 Å². The molecule has 0 radical (unpaired) electrons. The van der Waals surface area contributed by atoms with Gasteiger partial charge in [0.1, 0.15) is 6.04 Å². The summed E-state index contributed by atoms with van der Waals surface area (Å²) in [5, 5.41) is 2.92. The van der Waals surface area contributed by atoms with Crippen LogP contribution in [0.1, 0.15) is 18.1 Å². The third-order valence-electron chi connectivity index (χ3n) is 4.00. The summed E-state index contributed by atoms with van der Waals surface area (Å²) in [6.45, 7) is 3.48. The molecule has 23 heavy (non-hydrogen) atoms. The normalized spacial score (nSPS) is 16.1. The number of halogens is 1. The molecule has 1 heterocycles. The first-order valence-electron chi connectivity index (χ1n) is 7.42. The topological polar surface area (TPSA) is 49.4 Å². The van der Waals surface area contributed by atoms with Gasteiger partial charge in [-0.05, 0) is 52.2 Å². The van der Waals surface area contributed by atoms with Gasteiger partial charge in [0.2, 0.25) is 11.8 Å². The van der Waals surface area contributed by atoms with Gasteiger partial charge in [0.05, 0.1) is 5.69 Å². The highest BCUT2D eigenvalue weighted by Gasteiger charge is 2.36. The average molecular weight is 373 g/mol. The molecule has 0 saturated heterocycles. The SMILES string of the molecule is CC(=O)N1c2ccccc2C[C@@H]1C(=O)Nc1ccc(C)cc1Br. The molecule has 1 N–H and O–H groups in total. The Morgan fingerprint density at radius 1 is 1.22 bits per heavy atom. The van der Waals surface area contributed by atoms with Crippen molar-refractivity contribution in [2.24, 2.45) is 0 Å². The van der Waals surface area contributed by atoms with E-state index >= 15 is 0 Å². The molecule has 1 aliphatic rings. The number of hydrogen-bond acceptors (Lipinski definition) is 2. The van der Waals surface area contributed by atoms with Gasteiger partial charge in [-0.25, -0.2) is 0 Å². The highest BCUT2D eigenvalue weighted by atomic mass is 79.9. The molecule has 3 rings (SSSR count). The van der Waals surface area contributed by atoms with E-state index in [0.717, 1.165) is 21.3 Å². The predicted molar refractivity (Wildman–Crippen MR) is 94.6 cm³/mol. The number of hydrogen-bond donors (Lipinski definition) is 1. The summed E-state index contributed by atoms with van der Waals surface area (Å²) in [5.74, 6) is -0.306. The van der Waals surface area contributed by atoms with Gasteiger partial charge in [-0.3, -0.25) is 14.5 Å². The van der Waals surface area contributed by atoms with Gasteiger partial charge in [-0.15, -0.1) is 0 Å². The standard InChI is InChI=1S/C18H17BrN2O2/c1-11-7-8-15(14(19)9-11)20-18(23)17-10-13-5-3-4-6-16(13)21(17)12(2)22/h3-9,17H,10H2,1-2H3,(H,20,23)/t17-/m1/s1. The number of rotatable bonds is 2. The number of fused-ring (bicyclic) bond motifs is 1. The molecule has 118 valence electrons. The van der Waals surface area contributed by atoms with E-state index in [2.05, 4.69) is 21.2 Å². The lowest BCUT2D eigenvalue weighted by molar-refractivity contribution is -0.122. The van der Waals surface area contributed by atoms with Crippen LogP contribution < -0.4 is 10.2 Å². The predicted octanol–water partition coefficient (Wildman–Crippen LogP) is 3.67. The number of nitrogens with one attached hydrogen (secondary N) is 1. The van der Waals surface area contributed by atoms with Crippen LogP contribution >= 0.6 is 15.9 Å². The molecular weight excluding hydrogens is 356 g/mol. The minimum absolute atomic E-state index is 0.127. The first kappa shape index (κ1) is 15.7. The van der Waals surface area contributed by atoms with Crippen LogP contribution in [0.4, 0.5) is 11.4 Å². The lowest BCUT2D eigenvalue weighted by Crippen LogP contribution is -2.44. The summed E-state index contributed by atoms with van der Waals surface area (Å²) in [4.78, 5) is 26.3. The molecule has 0 aromatic heterocycles. The van der Waals surface area contributed by atoms with Gasteiger partial charge in [-0.2, -0.15) is 0 Å². The number of amides is 2. The van der Waals surface area contributed by atoms with Crippen LogP contribution in [0.5, 0.6) is 0 Å². The second-order valence-electron chi connectivity index (χ2n) is 5.71. The van der Waals surface area contributed by atoms with E-state index in [4.69, 9.17) is 0 Å². The highest BCUT2D eigenvalue weighted by Crippen LogP contribution is 2.33. The summed E-state index contributed by atoms with van der Waals surface area (Å²) < 4.78 is 0.829. The van der Waals surface area contributed by atoms with Crippen molar-refractivity contribution in [3.8, 4) is 0 Å². The minimum atomic E-state index is -0.516. The highest BCUT2D eigenvalue weighted by molar-refractivity contribution is 9.10. The zero-order valence-corrected chi connectivity index (χ0v) is 14.6. The molecule has 2 aromatic rings. The fraction of sp³-hybridized carbons (Fsp3) is 0.222. The minimum Gasteiger partial charge on any atom is -0.323 e. The second-order valence-corrected chi connectivity index (χ2v) is 6.56. The van der Waals surface area contributed by atoms with Crippen LogP contribution in [-0.2, 0) is 16.0 Å². The lowest BCUT2D eigenvalue weighted by atomic mass is 10.1. The monoisotopic (exact) mass is 372 g/mol. The molecule has 0 unspecified atom stereocenters. The molecule has 0 fully saturated rings. The molecule has 1 aliphatic heterocycles. The lowest BCUT2D eigenvalue weighted by Gasteiger charge is -2.23. The Hall–Kier alpha value is -2.14. The number of carbonyl (C=O) groups is 2. The first-order chi connectivity index (χ1) is 11.0. The Bertz CT molecular complexity index is 788. The van der Waals surface area contributed by atoms with Crippen LogP contribution in [0.15, 0.2) is 46.9 Å². The second kappa shape index (κ2) is 6.16. The Morgan fingerprint density at radius 2 is 1.96 bits per heavy atom. The largest absolute Gasteiger partial charge is 0.323 e. The quantitative estimate of drug-likeness (QED) is 0.873. The maximum Gasteiger partial charge on any atom is 0.247 e. The van der Waals surface area contributed by atoms with Gasteiger partial charge in [0.25, 0.3) is 0 Å².